The Balaban J connectivity index is 1.39. The maximum atomic E-state index is 10.9. The van der Waals surface area contributed by atoms with Crippen molar-refractivity contribution in [3.8, 4) is 5.75 Å². The van der Waals surface area contributed by atoms with Gasteiger partial charge in [0.25, 0.3) is 0 Å². The molecule has 2 N–H and O–H groups in total. The zero-order chi connectivity index (χ0) is 19.5. The molecule has 28 heavy (non-hydrogen) atoms. The van der Waals surface area contributed by atoms with E-state index < -0.39 is 5.97 Å². The molecule has 4 rings (SSSR count). The number of aliphatic carboxylic acids is 1. The molecule has 2 aromatic heterocycles. The molecule has 7 heteroatoms. The van der Waals surface area contributed by atoms with Gasteiger partial charge in [-0.2, -0.15) is 5.10 Å². The molecule has 0 saturated carbocycles. The van der Waals surface area contributed by atoms with Crippen LogP contribution < -0.4 is 10.1 Å². The number of carboxylic acids is 1. The highest BCUT2D eigenvalue weighted by Crippen LogP contribution is 2.24. The minimum absolute atomic E-state index is 0.0394. The fourth-order valence-electron chi connectivity index (χ4n) is 3.59. The van der Waals surface area contributed by atoms with Crippen LogP contribution in [0.4, 0.5) is 5.82 Å². The minimum atomic E-state index is -0.831. The van der Waals surface area contributed by atoms with Gasteiger partial charge in [0.2, 0.25) is 0 Å². The molecular formula is C21H24N4O3. The van der Waals surface area contributed by atoms with E-state index in [9.17, 15) is 4.79 Å². The highest BCUT2D eigenvalue weighted by Gasteiger charge is 2.14. The number of nitrogens with one attached hydrogen (secondary N) is 1. The van der Waals surface area contributed by atoms with E-state index >= 15 is 0 Å². The molecule has 0 spiro atoms. The van der Waals surface area contributed by atoms with Crippen LogP contribution >= 0.6 is 0 Å². The van der Waals surface area contributed by atoms with Gasteiger partial charge in [-0.3, -0.25) is 9.48 Å². The number of pyridine rings is 1. The van der Waals surface area contributed by atoms with E-state index in [0.717, 1.165) is 54.0 Å². The van der Waals surface area contributed by atoms with Gasteiger partial charge in [-0.05, 0) is 49.6 Å². The molecule has 3 aromatic rings. The van der Waals surface area contributed by atoms with Crippen LogP contribution in [0.25, 0.3) is 10.9 Å². The number of ether oxygens (including phenoxy) is 1. The Bertz CT molecular complexity index is 998. The topological polar surface area (TPSA) is 89.3 Å². The Labute approximate surface area is 163 Å². The van der Waals surface area contributed by atoms with E-state index in [0.29, 0.717) is 6.61 Å². The largest absolute Gasteiger partial charge is 0.493 e. The molecule has 0 radical (unpaired) electrons. The summed E-state index contributed by atoms with van der Waals surface area (Å²) in [4.78, 5) is 15.6. The Morgan fingerprint density at radius 3 is 3.11 bits per heavy atom. The first kappa shape index (κ1) is 18.3. The third kappa shape index (κ3) is 3.93. The third-order valence-electron chi connectivity index (χ3n) is 5.03. The molecule has 146 valence electrons. The van der Waals surface area contributed by atoms with E-state index in [1.165, 1.54) is 5.56 Å². The number of hydrogen-bond donors (Lipinski definition) is 2. The molecule has 0 saturated heterocycles. The van der Waals surface area contributed by atoms with E-state index in [1.54, 1.807) is 10.9 Å². The van der Waals surface area contributed by atoms with Crippen LogP contribution in [0.3, 0.4) is 0 Å². The summed E-state index contributed by atoms with van der Waals surface area (Å²) in [6, 6.07) is 9.79. The van der Waals surface area contributed by atoms with Gasteiger partial charge in [-0.25, -0.2) is 4.98 Å². The molecule has 0 bridgehead atoms. The summed E-state index contributed by atoms with van der Waals surface area (Å²) in [5.41, 5.74) is 3.21. The lowest BCUT2D eigenvalue weighted by Crippen LogP contribution is -2.14. The van der Waals surface area contributed by atoms with Gasteiger partial charge in [-0.1, -0.05) is 6.07 Å². The standard InChI is InChI=1S/C21H24N4O3/c1-14(11-20(26)27)25-19-7-6-18(12-16(19)13-23-25)28-10-8-17-5-4-15-3-2-9-22-21(15)24-17/h4-7,12-14H,2-3,8-11H2,1H3,(H,22,24)(H,26,27)/t14-/m1/s1. The van der Waals surface area contributed by atoms with Crippen LogP contribution in [0.15, 0.2) is 36.5 Å². The van der Waals surface area contributed by atoms with E-state index in [-0.39, 0.29) is 12.5 Å². The van der Waals surface area contributed by atoms with Crippen molar-refractivity contribution in [2.45, 2.75) is 38.6 Å². The number of aromatic nitrogens is 3. The Morgan fingerprint density at radius 2 is 2.25 bits per heavy atom. The number of aryl methyl sites for hydroxylation is 1. The van der Waals surface area contributed by atoms with Gasteiger partial charge in [0.05, 0.1) is 30.8 Å². The second-order valence-electron chi connectivity index (χ2n) is 7.20. The molecule has 1 aliphatic rings. The van der Waals surface area contributed by atoms with Crippen molar-refractivity contribution in [2.24, 2.45) is 0 Å². The molecular weight excluding hydrogens is 356 g/mol. The van der Waals surface area contributed by atoms with E-state index in [4.69, 9.17) is 9.84 Å². The first-order valence-corrected chi connectivity index (χ1v) is 9.64. The number of hydrogen-bond acceptors (Lipinski definition) is 5. The maximum Gasteiger partial charge on any atom is 0.305 e. The quantitative estimate of drug-likeness (QED) is 0.653. The number of carboxylic acid groups (broad SMARTS) is 1. The Hall–Kier alpha value is -3.09. The predicted octanol–water partition coefficient (Wildman–Crippen LogP) is 3.45. The molecule has 1 atom stereocenters. The van der Waals surface area contributed by atoms with Crippen LogP contribution in [0.5, 0.6) is 5.75 Å². The summed E-state index contributed by atoms with van der Waals surface area (Å²) in [5.74, 6) is 0.948. The monoisotopic (exact) mass is 380 g/mol. The van der Waals surface area contributed by atoms with Gasteiger partial charge in [0.15, 0.2) is 0 Å². The van der Waals surface area contributed by atoms with Crippen molar-refractivity contribution in [2.75, 3.05) is 18.5 Å². The van der Waals surface area contributed by atoms with Gasteiger partial charge < -0.3 is 15.2 Å². The van der Waals surface area contributed by atoms with E-state index in [1.807, 2.05) is 25.1 Å². The molecule has 0 aliphatic carbocycles. The lowest BCUT2D eigenvalue weighted by molar-refractivity contribution is -0.137. The third-order valence-corrected chi connectivity index (χ3v) is 5.03. The summed E-state index contributed by atoms with van der Waals surface area (Å²) in [6.07, 6.45) is 4.77. The fraction of sp³-hybridized carbons (Fsp3) is 0.381. The van der Waals surface area contributed by atoms with Crippen molar-refractivity contribution in [3.05, 3.63) is 47.8 Å². The average molecular weight is 380 g/mol. The predicted molar refractivity (Wildman–Crippen MR) is 107 cm³/mol. The van der Waals surface area contributed by atoms with Gasteiger partial charge >= 0.3 is 5.97 Å². The van der Waals surface area contributed by atoms with Crippen molar-refractivity contribution < 1.29 is 14.6 Å². The number of carbonyl (C=O) groups is 1. The van der Waals surface area contributed by atoms with Crippen molar-refractivity contribution in [3.63, 3.8) is 0 Å². The highest BCUT2D eigenvalue weighted by molar-refractivity contribution is 5.80. The summed E-state index contributed by atoms with van der Waals surface area (Å²) in [7, 11) is 0. The molecule has 0 amide bonds. The van der Waals surface area contributed by atoms with Gasteiger partial charge in [-0.15, -0.1) is 0 Å². The number of fused-ring (bicyclic) bond motifs is 2. The second kappa shape index (κ2) is 7.88. The van der Waals surface area contributed by atoms with Crippen molar-refractivity contribution in [1.29, 1.82) is 0 Å². The van der Waals surface area contributed by atoms with Crippen LogP contribution in [-0.4, -0.2) is 39.0 Å². The molecule has 7 nitrogen and oxygen atoms in total. The molecule has 3 heterocycles. The number of nitrogens with zero attached hydrogens (tertiary/aromatic N) is 3. The molecule has 0 fully saturated rings. The first-order valence-electron chi connectivity index (χ1n) is 9.64. The SMILES string of the molecule is C[C@H](CC(=O)O)n1ncc2cc(OCCc3ccc4c(n3)NCCC4)ccc21. The Morgan fingerprint density at radius 1 is 1.36 bits per heavy atom. The number of anilines is 1. The zero-order valence-corrected chi connectivity index (χ0v) is 15.9. The van der Waals surface area contributed by atoms with Crippen molar-refractivity contribution >= 4 is 22.7 Å². The summed E-state index contributed by atoms with van der Waals surface area (Å²) < 4.78 is 7.65. The molecule has 0 unspecified atom stereocenters. The lowest BCUT2D eigenvalue weighted by Gasteiger charge is -2.17. The zero-order valence-electron chi connectivity index (χ0n) is 15.9. The van der Waals surface area contributed by atoms with Crippen LogP contribution in [0, 0.1) is 0 Å². The summed E-state index contributed by atoms with van der Waals surface area (Å²) in [6.45, 7) is 3.38. The first-order chi connectivity index (χ1) is 13.6. The van der Waals surface area contributed by atoms with Gasteiger partial charge in [0.1, 0.15) is 11.6 Å². The smallest absolute Gasteiger partial charge is 0.305 e. The molecule has 1 aromatic carbocycles. The Kier molecular flexibility index (Phi) is 5.14. The lowest BCUT2D eigenvalue weighted by atomic mass is 10.1. The van der Waals surface area contributed by atoms with Crippen molar-refractivity contribution in [1.82, 2.24) is 14.8 Å². The number of rotatable bonds is 7. The van der Waals surface area contributed by atoms with Crippen LogP contribution in [-0.2, 0) is 17.6 Å². The summed E-state index contributed by atoms with van der Waals surface area (Å²) >= 11 is 0. The minimum Gasteiger partial charge on any atom is -0.493 e. The second-order valence-corrected chi connectivity index (χ2v) is 7.20. The van der Waals surface area contributed by atoms with E-state index in [2.05, 4.69) is 27.5 Å². The fourth-order valence-corrected chi connectivity index (χ4v) is 3.59. The summed E-state index contributed by atoms with van der Waals surface area (Å²) in [5, 5.41) is 17.6. The van der Waals surface area contributed by atoms with Crippen LogP contribution in [0.2, 0.25) is 0 Å². The highest BCUT2D eigenvalue weighted by atomic mass is 16.5. The number of benzene rings is 1. The van der Waals surface area contributed by atoms with Crippen LogP contribution in [0.1, 0.15) is 37.1 Å². The van der Waals surface area contributed by atoms with Gasteiger partial charge in [0, 0.05) is 24.0 Å². The molecule has 1 aliphatic heterocycles. The maximum absolute atomic E-state index is 10.9. The normalized spacial score (nSPS) is 14.3. The average Bonchev–Trinajstić information content (AvgIpc) is 3.11.